The summed E-state index contributed by atoms with van der Waals surface area (Å²) in [4.78, 5) is 4.62. The van der Waals surface area contributed by atoms with Gasteiger partial charge < -0.3 is 10.1 Å². The highest BCUT2D eigenvalue weighted by atomic mass is 16.5. The Bertz CT molecular complexity index is 381. The lowest BCUT2D eigenvalue weighted by molar-refractivity contribution is 0.278. The van der Waals surface area contributed by atoms with Gasteiger partial charge in [-0.3, -0.25) is 0 Å². The van der Waals surface area contributed by atoms with Crippen LogP contribution in [0.15, 0.2) is 12.1 Å². The number of rotatable bonds is 9. The average Bonchev–Trinajstić information content (AvgIpc) is 2.37. The highest BCUT2D eigenvalue weighted by Crippen LogP contribution is 2.19. The molecule has 0 aliphatic carbocycles. The second-order valence-electron chi connectivity index (χ2n) is 6.95. The van der Waals surface area contributed by atoms with Crippen molar-refractivity contribution < 1.29 is 4.74 Å². The van der Waals surface area contributed by atoms with E-state index in [4.69, 9.17) is 4.74 Å². The zero-order valence-corrected chi connectivity index (χ0v) is 14.6. The molecule has 0 spiro atoms. The molecule has 1 heterocycles. The maximum absolute atomic E-state index is 5.84. The lowest BCUT2D eigenvalue weighted by Gasteiger charge is -2.14. The molecule has 0 fully saturated rings. The van der Waals surface area contributed by atoms with E-state index in [-0.39, 0.29) is 0 Å². The maximum Gasteiger partial charge on any atom is 0.213 e. The van der Waals surface area contributed by atoms with E-state index >= 15 is 0 Å². The lowest BCUT2D eigenvalue weighted by Crippen LogP contribution is -2.19. The van der Waals surface area contributed by atoms with Gasteiger partial charge in [0.25, 0.3) is 0 Å². The van der Waals surface area contributed by atoms with Gasteiger partial charge in [-0.2, -0.15) is 0 Å². The first-order valence-electron chi connectivity index (χ1n) is 8.22. The van der Waals surface area contributed by atoms with Gasteiger partial charge in [0, 0.05) is 18.3 Å². The number of ether oxygens (including phenoxy) is 1. The van der Waals surface area contributed by atoms with Crippen LogP contribution in [0.3, 0.4) is 0 Å². The van der Waals surface area contributed by atoms with Gasteiger partial charge >= 0.3 is 0 Å². The number of nitrogens with one attached hydrogen (secondary N) is 1. The second-order valence-corrected chi connectivity index (χ2v) is 6.95. The Kier molecular flexibility index (Phi) is 7.73. The van der Waals surface area contributed by atoms with Crippen LogP contribution in [-0.2, 0) is 6.54 Å². The Labute approximate surface area is 130 Å². The van der Waals surface area contributed by atoms with Crippen LogP contribution in [-0.4, -0.2) is 18.1 Å². The average molecular weight is 292 g/mol. The monoisotopic (exact) mass is 292 g/mol. The van der Waals surface area contributed by atoms with Gasteiger partial charge in [0.05, 0.1) is 6.61 Å². The quantitative estimate of drug-likeness (QED) is 0.733. The second kappa shape index (κ2) is 9.04. The first-order valence-corrected chi connectivity index (χ1v) is 8.22. The summed E-state index contributed by atoms with van der Waals surface area (Å²) in [6, 6.07) is 4.26. The maximum atomic E-state index is 5.84. The van der Waals surface area contributed by atoms with E-state index in [0.29, 0.717) is 17.8 Å². The molecule has 0 saturated carbocycles. The Morgan fingerprint density at radius 3 is 2.33 bits per heavy atom. The van der Waals surface area contributed by atoms with Gasteiger partial charge in [0.1, 0.15) is 0 Å². The van der Waals surface area contributed by atoms with Crippen molar-refractivity contribution in [1.82, 2.24) is 10.3 Å². The van der Waals surface area contributed by atoms with Crippen molar-refractivity contribution in [3.05, 3.63) is 23.4 Å². The van der Waals surface area contributed by atoms with E-state index in [9.17, 15) is 0 Å². The van der Waals surface area contributed by atoms with Gasteiger partial charge in [-0.25, -0.2) is 4.98 Å². The Morgan fingerprint density at radius 2 is 1.76 bits per heavy atom. The van der Waals surface area contributed by atoms with Crippen molar-refractivity contribution in [3.8, 4) is 5.88 Å². The minimum Gasteiger partial charge on any atom is -0.478 e. The van der Waals surface area contributed by atoms with Crippen LogP contribution in [0.4, 0.5) is 0 Å². The smallest absolute Gasteiger partial charge is 0.213 e. The van der Waals surface area contributed by atoms with Crippen molar-refractivity contribution in [3.63, 3.8) is 0 Å². The molecule has 0 aromatic carbocycles. The van der Waals surface area contributed by atoms with Crippen molar-refractivity contribution in [2.24, 2.45) is 11.8 Å². The molecule has 1 aromatic rings. The molecule has 0 unspecified atom stereocenters. The van der Waals surface area contributed by atoms with E-state index in [1.54, 1.807) is 0 Å². The molecule has 0 saturated heterocycles. The first-order chi connectivity index (χ1) is 9.88. The zero-order valence-electron chi connectivity index (χ0n) is 14.6. The Balaban J connectivity index is 2.70. The highest BCUT2D eigenvalue weighted by Gasteiger charge is 2.08. The summed E-state index contributed by atoms with van der Waals surface area (Å²) >= 11 is 0. The molecule has 0 radical (unpaired) electrons. The van der Waals surface area contributed by atoms with Crippen LogP contribution in [0.2, 0.25) is 0 Å². The van der Waals surface area contributed by atoms with Crippen molar-refractivity contribution >= 4 is 0 Å². The minimum absolute atomic E-state index is 0.419. The van der Waals surface area contributed by atoms with Crippen LogP contribution in [0.1, 0.15) is 65.1 Å². The minimum atomic E-state index is 0.419. The van der Waals surface area contributed by atoms with Crippen LogP contribution < -0.4 is 10.1 Å². The SMILES string of the molecule is CC(C)CCOc1cc(CNCC(C)C)cc(C(C)C)n1. The molecular formula is C18H32N2O. The van der Waals surface area contributed by atoms with E-state index in [2.05, 4.69) is 64.0 Å². The van der Waals surface area contributed by atoms with Crippen LogP contribution in [0, 0.1) is 11.8 Å². The van der Waals surface area contributed by atoms with E-state index in [0.717, 1.165) is 37.7 Å². The fourth-order valence-corrected chi connectivity index (χ4v) is 1.96. The predicted octanol–water partition coefficient (Wildman–Crippen LogP) is 4.38. The first kappa shape index (κ1) is 18.0. The Hall–Kier alpha value is -1.09. The molecule has 0 bridgehead atoms. The van der Waals surface area contributed by atoms with Gasteiger partial charge in [-0.15, -0.1) is 0 Å². The highest BCUT2D eigenvalue weighted by molar-refractivity contribution is 5.26. The number of aromatic nitrogens is 1. The van der Waals surface area contributed by atoms with E-state index < -0.39 is 0 Å². The third-order valence-electron chi connectivity index (χ3n) is 3.30. The number of pyridine rings is 1. The fraction of sp³-hybridized carbons (Fsp3) is 0.722. The third kappa shape index (κ3) is 7.47. The molecule has 0 aliphatic heterocycles. The van der Waals surface area contributed by atoms with E-state index in [1.165, 1.54) is 5.56 Å². The third-order valence-corrected chi connectivity index (χ3v) is 3.30. The summed E-state index contributed by atoms with van der Waals surface area (Å²) in [6.07, 6.45) is 1.06. The molecule has 1 aromatic heterocycles. The molecular weight excluding hydrogens is 260 g/mol. The number of nitrogens with zero attached hydrogens (tertiary/aromatic N) is 1. The molecule has 1 rings (SSSR count). The summed E-state index contributed by atoms with van der Waals surface area (Å²) < 4.78 is 5.84. The summed E-state index contributed by atoms with van der Waals surface area (Å²) in [7, 11) is 0. The van der Waals surface area contributed by atoms with Crippen molar-refractivity contribution in [2.45, 2.75) is 60.4 Å². The number of hydrogen-bond acceptors (Lipinski definition) is 3. The number of hydrogen-bond donors (Lipinski definition) is 1. The summed E-state index contributed by atoms with van der Waals surface area (Å²) in [6.45, 7) is 15.9. The molecule has 1 N–H and O–H groups in total. The van der Waals surface area contributed by atoms with Gasteiger partial charge in [-0.05, 0) is 42.3 Å². The Morgan fingerprint density at radius 1 is 1.05 bits per heavy atom. The zero-order chi connectivity index (χ0) is 15.8. The van der Waals surface area contributed by atoms with Crippen LogP contribution >= 0.6 is 0 Å². The van der Waals surface area contributed by atoms with Crippen molar-refractivity contribution in [1.29, 1.82) is 0 Å². The molecule has 3 heteroatoms. The summed E-state index contributed by atoms with van der Waals surface area (Å²) in [5.41, 5.74) is 2.37. The predicted molar refractivity (Wildman–Crippen MR) is 89.8 cm³/mol. The molecule has 0 amide bonds. The standard InChI is InChI=1S/C18H32N2O/c1-13(2)7-8-21-18-10-16(12-19-11-14(3)4)9-17(20-18)15(5)6/h9-10,13-15,19H,7-8,11-12H2,1-6H3. The molecule has 0 aliphatic rings. The van der Waals surface area contributed by atoms with Gasteiger partial charge in [0.2, 0.25) is 5.88 Å². The van der Waals surface area contributed by atoms with Crippen LogP contribution in [0.5, 0.6) is 5.88 Å². The fourth-order valence-electron chi connectivity index (χ4n) is 1.96. The normalized spacial score (nSPS) is 11.7. The van der Waals surface area contributed by atoms with Gasteiger partial charge in [0.15, 0.2) is 0 Å². The summed E-state index contributed by atoms with van der Waals surface area (Å²) in [5.74, 6) is 2.51. The molecule has 0 atom stereocenters. The van der Waals surface area contributed by atoms with Crippen LogP contribution in [0.25, 0.3) is 0 Å². The largest absolute Gasteiger partial charge is 0.478 e. The van der Waals surface area contributed by atoms with E-state index in [1.807, 2.05) is 0 Å². The molecule has 3 nitrogen and oxygen atoms in total. The van der Waals surface area contributed by atoms with Crippen molar-refractivity contribution in [2.75, 3.05) is 13.2 Å². The molecule has 21 heavy (non-hydrogen) atoms. The molecule has 120 valence electrons. The summed E-state index contributed by atoms with van der Waals surface area (Å²) in [5, 5.41) is 3.49. The lowest BCUT2D eigenvalue weighted by atomic mass is 10.1. The van der Waals surface area contributed by atoms with Gasteiger partial charge in [-0.1, -0.05) is 41.5 Å². The topological polar surface area (TPSA) is 34.1 Å².